The fraction of sp³-hybridized carbons (Fsp3) is 0. The summed E-state index contributed by atoms with van der Waals surface area (Å²) in [7, 11) is 0. The van der Waals surface area contributed by atoms with Crippen LogP contribution in [-0.2, 0) is 0 Å². The molecule has 5 heteroatoms. The van der Waals surface area contributed by atoms with Gasteiger partial charge in [-0.3, -0.25) is 14.9 Å². The zero-order valence-electron chi connectivity index (χ0n) is 9.28. The Labute approximate surface area is 103 Å². The molecule has 0 aliphatic carbocycles. The molecular weight excluding hydrogens is 234 g/mol. The van der Waals surface area contributed by atoms with Crippen molar-refractivity contribution in [3.8, 4) is 0 Å². The maximum atomic E-state index is 11.6. The molecule has 0 saturated heterocycles. The van der Waals surface area contributed by atoms with Crippen molar-refractivity contribution in [3.05, 3.63) is 70.2 Å². The maximum Gasteiger partial charge on any atom is 0.276 e. The van der Waals surface area contributed by atoms with E-state index in [0.717, 1.165) is 0 Å². The Morgan fingerprint density at radius 1 is 1.22 bits per heavy atom. The van der Waals surface area contributed by atoms with Crippen molar-refractivity contribution in [3.63, 3.8) is 0 Å². The summed E-state index contributed by atoms with van der Waals surface area (Å²) in [4.78, 5) is 21.9. The Bertz CT molecular complexity index is 599. The first kappa shape index (κ1) is 11.8. The van der Waals surface area contributed by atoms with Crippen molar-refractivity contribution in [2.24, 2.45) is 0 Å². The van der Waals surface area contributed by atoms with Crippen LogP contribution in [-0.4, -0.2) is 10.7 Å². The predicted octanol–water partition coefficient (Wildman–Crippen LogP) is 3.08. The molecule has 1 aromatic carbocycles. The number of furan rings is 1. The van der Waals surface area contributed by atoms with Crippen molar-refractivity contribution < 1.29 is 14.1 Å². The number of hydrogen-bond acceptors (Lipinski definition) is 4. The van der Waals surface area contributed by atoms with Crippen LogP contribution in [0.25, 0.3) is 6.08 Å². The van der Waals surface area contributed by atoms with Gasteiger partial charge >= 0.3 is 0 Å². The number of hydrogen-bond donors (Lipinski definition) is 0. The number of rotatable bonds is 4. The van der Waals surface area contributed by atoms with Crippen molar-refractivity contribution in [1.29, 1.82) is 0 Å². The molecule has 90 valence electrons. The third-order valence-electron chi connectivity index (χ3n) is 2.31. The number of ketones is 1. The van der Waals surface area contributed by atoms with Crippen LogP contribution in [0.4, 0.5) is 5.69 Å². The molecule has 0 unspecified atom stereocenters. The van der Waals surface area contributed by atoms with Crippen molar-refractivity contribution in [1.82, 2.24) is 0 Å². The molecule has 0 fully saturated rings. The van der Waals surface area contributed by atoms with Gasteiger partial charge in [0.05, 0.1) is 16.7 Å². The van der Waals surface area contributed by atoms with Crippen LogP contribution in [0.3, 0.4) is 0 Å². The molecule has 1 aromatic heterocycles. The molecule has 0 aliphatic rings. The Morgan fingerprint density at radius 3 is 2.67 bits per heavy atom. The van der Waals surface area contributed by atoms with Gasteiger partial charge in [0.1, 0.15) is 0 Å². The molecule has 2 aromatic rings. The summed E-state index contributed by atoms with van der Waals surface area (Å²) in [5.74, 6) is -0.136. The van der Waals surface area contributed by atoms with Gasteiger partial charge in [-0.2, -0.15) is 0 Å². The van der Waals surface area contributed by atoms with E-state index in [-0.39, 0.29) is 17.2 Å². The van der Waals surface area contributed by atoms with E-state index in [1.807, 2.05) is 0 Å². The SMILES string of the molecule is O=C(/C=C/c1ccccc1[N+](=O)[O-])c1ccco1. The summed E-state index contributed by atoms with van der Waals surface area (Å²) in [6, 6.07) is 9.34. The number of allylic oxidation sites excluding steroid dienone is 1. The van der Waals surface area contributed by atoms with Gasteiger partial charge in [-0.15, -0.1) is 0 Å². The zero-order chi connectivity index (χ0) is 13.0. The zero-order valence-corrected chi connectivity index (χ0v) is 9.28. The van der Waals surface area contributed by atoms with Gasteiger partial charge in [0, 0.05) is 6.07 Å². The van der Waals surface area contributed by atoms with E-state index in [0.29, 0.717) is 5.56 Å². The summed E-state index contributed by atoms with van der Waals surface area (Å²) in [5, 5.41) is 10.8. The third-order valence-corrected chi connectivity index (χ3v) is 2.31. The highest BCUT2D eigenvalue weighted by Gasteiger charge is 2.10. The summed E-state index contributed by atoms with van der Waals surface area (Å²) in [5.41, 5.74) is 0.336. The number of carbonyl (C=O) groups is 1. The van der Waals surface area contributed by atoms with E-state index >= 15 is 0 Å². The highest BCUT2D eigenvalue weighted by atomic mass is 16.6. The second-order valence-electron chi connectivity index (χ2n) is 3.49. The fourth-order valence-corrected chi connectivity index (χ4v) is 1.46. The van der Waals surface area contributed by atoms with E-state index in [1.165, 1.54) is 30.5 Å². The van der Waals surface area contributed by atoms with Gasteiger partial charge < -0.3 is 4.42 Å². The Morgan fingerprint density at radius 2 is 2.00 bits per heavy atom. The molecule has 0 aliphatic heterocycles. The van der Waals surface area contributed by atoms with E-state index < -0.39 is 4.92 Å². The molecule has 1 heterocycles. The van der Waals surface area contributed by atoms with Crippen LogP contribution in [0.2, 0.25) is 0 Å². The number of nitro groups is 1. The van der Waals surface area contributed by atoms with Crippen LogP contribution in [0, 0.1) is 10.1 Å². The summed E-state index contributed by atoms with van der Waals surface area (Å²) in [6.07, 6.45) is 4.05. The number of carbonyl (C=O) groups excluding carboxylic acids is 1. The Balaban J connectivity index is 2.24. The second kappa shape index (κ2) is 5.09. The van der Waals surface area contributed by atoms with Gasteiger partial charge in [0.15, 0.2) is 5.76 Å². The molecule has 0 bridgehead atoms. The molecule has 18 heavy (non-hydrogen) atoms. The van der Waals surface area contributed by atoms with Crippen LogP contribution in [0.15, 0.2) is 53.2 Å². The van der Waals surface area contributed by atoms with Crippen LogP contribution >= 0.6 is 0 Å². The molecule has 0 spiro atoms. The minimum Gasteiger partial charge on any atom is -0.461 e. The quantitative estimate of drug-likeness (QED) is 0.358. The minimum atomic E-state index is -0.489. The number of nitro benzene ring substituents is 1. The molecular formula is C13H9NO4. The monoisotopic (exact) mass is 243 g/mol. The average molecular weight is 243 g/mol. The van der Waals surface area contributed by atoms with E-state index in [2.05, 4.69) is 0 Å². The highest BCUT2D eigenvalue weighted by molar-refractivity contribution is 6.05. The lowest BCUT2D eigenvalue weighted by molar-refractivity contribution is -0.385. The molecule has 0 atom stereocenters. The number of nitrogens with zero attached hydrogens (tertiary/aromatic N) is 1. The maximum absolute atomic E-state index is 11.6. The lowest BCUT2D eigenvalue weighted by Crippen LogP contribution is -1.93. The van der Waals surface area contributed by atoms with E-state index in [9.17, 15) is 14.9 Å². The Hall–Kier alpha value is -2.69. The fourth-order valence-electron chi connectivity index (χ4n) is 1.46. The lowest BCUT2D eigenvalue weighted by Gasteiger charge is -1.95. The van der Waals surface area contributed by atoms with E-state index in [1.54, 1.807) is 24.3 Å². The van der Waals surface area contributed by atoms with Gasteiger partial charge in [-0.05, 0) is 30.4 Å². The van der Waals surface area contributed by atoms with Crippen molar-refractivity contribution >= 4 is 17.5 Å². The first-order valence-electron chi connectivity index (χ1n) is 5.18. The number of benzene rings is 1. The standard InChI is InChI=1S/C13H9NO4/c15-12(13-6-3-9-18-13)8-7-10-4-1-2-5-11(10)14(16)17/h1-9H/b8-7+. The largest absolute Gasteiger partial charge is 0.461 e. The molecule has 2 rings (SSSR count). The summed E-state index contributed by atoms with van der Waals surface area (Å²) in [6.45, 7) is 0. The van der Waals surface area contributed by atoms with E-state index in [4.69, 9.17) is 4.42 Å². The normalized spacial score (nSPS) is 10.7. The van der Waals surface area contributed by atoms with Crippen molar-refractivity contribution in [2.75, 3.05) is 0 Å². The van der Waals surface area contributed by atoms with Crippen LogP contribution in [0.1, 0.15) is 16.1 Å². The molecule has 0 N–H and O–H groups in total. The number of para-hydroxylation sites is 1. The second-order valence-corrected chi connectivity index (χ2v) is 3.49. The first-order valence-corrected chi connectivity index (χ1v) is 5.18. The molecule has 0 amide bonds. The topological polar surface area (TPSA) is 73.3 Å². The molecule has 5 nitrogen and oxygen atoms in total. The summed E-state index contributed by atoms with van der Waals surface area (Å²) < 4.78 is 4.93. The highest BCUT2D eigenvalue weighted by Crippen LogP contribution is 2.19. The van der Waals surface area contributed by atoms with Crippen LogP contribution < -0.4 is 0 Å². The third kappa shape index (κ3) is 2.52. The van der Waals surface area contributed by atoms with Gasteiger partial charge in [0.2, 0.25) is 5.78 Å². The van der Waals surface area contributed by atoms with Crippen LogP contribution in [0.5, 0.6) is 0 Å². The van der Waals surface area contributed by atoms with Gasteiger partial charge in [0.25, 0.3) is 5.69 Å². The first-order chi connectivity index (χ1) is 8.68. The lowest BCUT2D eigenvalue weighted by atomic mass is 10.1. The minimum absolute atomic E-state index is 0.0407. The predicted molar refractivity (Wildman–Crippen MR) is 65.2 cm³/mol. The summed E-state index contributed by atoms with van der Waals surface area (Å²) >= 11 is 0. The molecule has 0 saturated carbocycles. The van der Waals surface area contributed by atoms with Gasteiger partial charge in [-0.25, -0.2) is 0 Å². The average Bonchev–Trinajstić information content (AvgIpc) is 2.90. The smallest absolute Gasteiger partial charge is 0.276 e. The Kier molecular flexibility index (Phi) is 3.33. The van der Waals surface area contributed by atoms with Gasteiger partial charge in [-0.1, -0.05) is 12.1 Å². The molecule has 0 radical (unpaired) electrons. The van der Waals surface area contributed by atoms with Crippen molar-refractivity contribution in [2.45, 2.75) is 0 Å².